The SMILES string of the molecule is O=C(Cc1ccc(F)cc1)Nc1ccc(Nc2ccc(F)cc2)nn1. The molecule has 2 N–H and O–H groups in total. The average Bonchev–Trinajstić information content (AvgIpc) is 2.61. The monoisotopic (exact) mass is 340 g/mol. The number of hydrogen-bond donors (Lipinski definition) is 2. The summed E-state index contributed by atoms with van der Waals surface area (Å²) in [6.45, 7) is 0. The Morgan fingerprint density at radius 1 is 0.800 bits per heavy atom. The maximum absolute atomic E-state index is 12.9. The van der Waals surface area contributed by atoms with E-state index in [4.69, 9.17) is 0 Å². The van der Waals surface area contributed by atoms with E-state index in [0.717, 1.165) is 0 Å². The highest BCUT2D eigenvalue weighted by atomic mass is 19.1. The van der Waals surface area contributed by atoms with E-state index in [1.807, 2.05) is 0 Å². The van der Waals surface area contributed by atoms with E-state index in [1.54, 1.807) is 36.4 Å². The molecule has 3 rings (SSSR count). The molecule has 5 nitrogen and oxygen atoms in total. The summed E-state index contributed by atoms with van der Waals surface area (Å²) in [5.41, 5.74) is 1.37. The molecule has 2 aromatic carbocycles. The molecule has 0 aliphatic rings. The van der Waals surface area contributed by atoms with Crippen LogP contribution in [0.1, 0.15) is 5.56 Å². The first-order valence-corrected chi connectivity index (χ1v) is 7.49. The van der Waals surface area contributed by atoms with Crippen molar-refractivity contribution in [1.29, 1.82) is 0 Å². The highest BCUT2D eigenvalue weighted by Crippen LogP contribution is 2.15. The zero-order valence-corrected chi connectivity index (χ0v) is 13.0. The van der Waals surface area contributed by atoms with Gasteiger partial charge in [-0.1, -0.05) is 12.1 Å². The van der Waals surface area contributed by atoms with Crippen LogP contribution in [0.5, 0.6) is 0 Å². The first kappa shape index (κ1) is 16.5. The standard InChI is InChI=1S/C18H14F2N4O/c19-13-3-1-12(2-4-13)11-18(25)22-17-10-9-16(23-24-17)21-15-7-5-14(20)6-8-15/h1-10H,11H2,(H,21,23)(H,22,24,25). The summed E-state index contributed by atoms with van der Waals surface area (Å²) in [4.78, 5) is 12.0. The lowest BCUT2D eigenvalue weighted by atomic mass is 10.1. The summed E-state index contributed by atoms with van der Waals surface area (Å²) in [7, 11) is 0. The summed E-state index contributed by atoms with van der Waals surface area (Å²) in [5, 5.41) is 13.4. The van der Waals surface area contributed by atoms with E-state index in [-0.39, 0.29) is 24.0 Å². The topological polar surface area (TPSA) is 66.9 Å². The van der Waals surface area contributed by atoms with Crippen molar-refractivity contribution >= 4 is 23.2 Å². The van der Waals surface area contributed by atoms with E-state index in [1.165, 1.54) is 24.3 Å². The molecule has 126 valence electrons. The molecule has 3 aromatic rings. The van der Waals surface area contributed by atoms with Crippen LogP contribution >= 0.6 is 0 Å². The number of aromatic nitrogens is 2. The zero-order chi connectivity index (χ0) is 17.6. The van der Waals surface area contributed by atoms with Gasteiger partial charge in [-0.25, -0.2) is 8.78 Å². The number of nitrogens with one attached hydrogen (secondary N) is 2. The Morgan fingerprint density at radius 2 is 1.36 bits per heavy atom. The number of halogens is 2. The summed E-state index contributed by atoms with van der Waals surface area (Å²) >= 11 is 0. The molecule has 1 aromatic heterocycles. The van der Waals surface area contributed by atoms with Crippen LogP contribution in [-0.2, 0) is 11.2 Å². The minimum Gasteiger partial charge on any atom is -0.339 e. The lowest BCUT2D eigenvalue weighted by Crippen LogP contribution is -2.15. The zero-order valence-electron chi connectivity index (χ0n) is 13.0. The molecule has 0 spiro atoms. The van der Waals surface area contributed by atoms with Gasteiger partial charge in [0, 0.05) is 5.69 Å². The predicted molar refractivity (Wildman–Crippen MR) is 90.4 cm³/mol. The number of carbonyl (C=O) groups excluding carboxylic acids is 1. The lowest BCUT2D eigenvalue weighted by Gasteiger charge is -2.07. The smallest absolute Gasteiger partial charge is 0.229 e. The van der Waals surface area contributed by atoms with Crippen molar-refractivity contribution in [2.75, 3.05) is 10.6 Å². The van der Waals surface area contributed by atoms with Crippen molar-refractivity contribution < 1.29 is 13.6 Å². The maximum atomic E-state index is 12.9. The Balaban J connectivity index is 1.57. The molecular weight excluding hydrogens is 326 g/mol. The summed E-state index contributed by atoms with van der Waals surface area (Å²) in [5.74, 6) is -0.185. The van der Waals surface area contributed by atoms with Gasteiger partial charge in [0.25, 0.3) is 0 Å². The van der Waals surface area contributed by atoms with Crippen molar-refractivity contribution in [3.8, 4) is 0 Å². The molecule has 0 aliphatic heterocycles. The van der Waals surface area contributed by atoms with Gasteiger partial charge in [-0.15, -0.1) is 10.2 Å². The fraction of sp³-hybridized carbons (Fsp3) is 0.0556. The molecule has 0 fully saturated rings. The Kier molecular flexibility index (Phi) is 4.94. The van der Waals surface area contributed by atoms with Crippen LogP contribution in [0.25, 0.3) is 0 Å². The van der Waals surface area contributed by atoms with Crippen LogP contribution in [0, 0.1) is 11.6 Å². The third kappa shape index (κ3) is 4.81. The number of rotatable bonds is 5. The molecule has 25 heavy (non-hydrogen) atoms. The van der Waals surface area contributed by atoms with Crippen LogP contribution in [0.3, 0.4) is 0 Å². The molecule has 0 radical (unpaired) electrons. The number of benzene rings is 2. The molecule has 0 unspecified atom stereocenters. The van der Waals surface area contributed by atoms with Gasteiger partial charge in [-0.2, -0.15) is 0 Å². The highest BCUT2D eigenvalue weighted by Gasteiger charge is 2.06. The normalized spacial score (nSPS) is 10.3. The molecule has 0 saturated carbocycles. The Hall–Kier alpha value is -3.35. The first-order chi connectivity index (χ1) is 12.1. The third-order valence-corrected chi connectivity index (χ3v) is 3.33. The number of carbonyl (C=O) groups is 1. The van der Waals surface area contributed by atoms with E-state index >= 15 is 0 Å². The van der Waals surface area contributed by atoms with Crippen molar-refractivity contribution in [1.82, 2.24) is 10.2 Å². The van der Waals surface area contributed by atoms with Crippen LogP contribution in [0.15, 0.2) is 60.7 Å². The van der Waals surface area contributed by atoms with Gasteiger partial charge in [0.15, 0.2) is 11.6 Å². The van der Waals surface area contributed by atoms with Crippen LogP contribution < -0.4 is 10.6 Å². The van der Waals surface area contributed by atoms with Crippen LogP contribution in [0.2, 0.25) is 0 Å². The van der Waals surface area contributed by atoms with Crippen LogP contribution in [0.4, 0.5) is 26.1 Å². The third-order valence-electron chi connectivity index (χ3n) is 3.33. The molecule has 1 heterocycles. The Bertz CT molecular complexity index is 850. The second-order valence-electron chi connectivity index (χ2n) is 5.29. The largest absolute Gasteiger partial charge is 0.339 e. The first-order valence-electron chi connectivity index (χ1n) is 7.49. The molecule has 1 amide bonds. The second kappa shape index (κ2) is 7.48. The summed E-state index contributed by atoms with van der Waals surface area (Å²) in [6.07, 6.45) is 0.109. The minimum absolute atomic E-state index is 0.109. The molecule has 0 saturated heterocycles. The fourth-order valence-corrected chi connectivity index (χ4v) is 2.12. The molecule has 0 bridgehead atoms. The molecular formula is C18H14F2N4O. The second-order valence-corrected chi connectivity index (χ2v) is 5.29. The average molecular weight is 340 g/mol. The van der Waals surface area contributed by atoms with E-state index in [9.17, 15) is 13.6 Å². The van der Waals surface area contributed by atoms with Gasteiger partial charge in [-0.05, 0) is 54.1 Å². The summed E-state index contributed by atoms with van der Waals surface area (Å²) < 4.78 is 25.7. The van der Waals surface area contributed by atoms with Gasteiger partial charge in [0.05, 0.1) is 6.42 Å². The van der Waals surface area contributed by atoms with Crippen molar-refractivity contribution in [3.05, 3.63) is 77.9 Å². The highest BCUT2D eigenvalue weighted by molar-refractivity contribution is 5.91. The van der Waals surface area contributed by atoms with Crippen molar-refractivity contribution in [2.45, 2.75) is 6.42 Å². The van der Waals surface area contributed by atoms with Gasteiger partial charge in [0.2, 0.25) is 5.91 Å². The number of anilines is 3. The molecule has 7 heteroatoms. The molecule has 0 atom stereocenters. The maximum Gasteiger partial charge on any atom is 0.229 e. The number of amides is 1. The van der Waals surface area contributed by atoms with Gasteiger partial charge >= 0.3 is 0 Å². The fourth-order valence-electron chi connectivity index (χ4n) is 2.12. The number of nitrogens with zero attached hydrogens (tertiary/aromatic N) is 2. The minimum atomic E-state index is -0.348. The Labute approximate surface area is 142 Å². The van der Waals surface area contributed by atoms with Gasteiger partial charge in [0.1, 0.15) is 11.6 Å². The van der Waals surface area contributed by atoms with Crippen molar-refractivity contribution in [3.63, 3.8) is 0 Å². The lowest BCUT2D eigenvalue weighted by molar-refractivity contribution is -0.115. The van der Waals surface area contributed by atoms with Gasteiger partial charge in [-0.3, -0.25) is 4.79 Å². The van der Waals surface area contributed by atoms with Gasteiger partial charge < -0.3 is 10.6 Å². The number of hydrogen-bond acceptors (Lipinski definition) is 4. The predicted octanol–water partition coefficient (Wildman–Crippen LogP) is 3.68. The van der Waals surface area contributed by atoms with E-state index < -0.39 is 0 Å². The quantitative estimate of drug-likeness (QED) is 0.743. The van der Waals surface area contributed by atoms with E-state index in [2.05, 4.69) is 20.8 Å². The Morgan fingerprint density at radius 3 is 1.96 bits per heavy atom. The summed E-state index contributed by atoms with van der Waals surface area (Å²) in [6, 6.07) is 14.8. The molecule has 0 aliphatic carbocycles. The van der Waals surface area contributed by atoms with E-state index in [0.29, 0.717) is 22.9 Å². The van der Waals surface area contributed by atoms with Crippen LogP contribution in [-0.4, -0.2) is 16.1 Å². The van der Waals surface area contributed by atoms with Crippen molar-refractivity contribution in [2.24, 2.45) is 0 Å².